The van der Waals surface area contributed by atoms with Gasteiger partial charge in [0.15, 0.2) is 0 Å². The summed E-state index contributed by atoms with van der Waals surface area (Å²) in [5.74, 6) is -1.03. The Morgan fingerprint density at radius 1 is 1.17 bits per heavy atom. The van der Waals surface area contributed by atoms with Gasteiger partial charge in [-0.05, 0) is 44.0 Å². The second-order valence-corrected chi connectivity index (χ2v) is 4.47. The van der Waals surface area contributed by atoms with Crippen LogP contribution in [0.25, 0.3) is 0 Å². The highest BCUT2D eigenvalue weighted by Gasteiger charge is 2.11. The SMILES string of the molecule is C=CCCCCCC(NC)c1cc(F)cc(F)c1. The quantitative estimate of drug-likeness (QED) is 0.536. The normalized spacial score (nSPS) is 12.4. The van der Waals surface area contributed by atoms with E-state index in [4.69, 9.17) is 0 Å². The maximum absolute atomic E-state index is 13.1. The maximum Gasteiger partial charge on any atom is 0.126 e. The summed E-state index contributed by atoms with van der Waals surface area (Å²) < 4.78 is 26.3. The third-order valence-electron chi connectivity index (χ3n) is 3.04. The molecule has 1 rings (SSSR count). The minimum atomic E-state index is -0.517. The fraction of sp³-hybridized carbons (Fsp3) is 0.467. The molecule has 3 heteroatoms. The van der Waals surface area contributed by atoms with E-state index in [1.54, 1.807) is 0 Å². The van der Waals surface area contributed by atoms with Crippen molar-refractivity contribution in [1.29, 1.82) is 0 Å². The smallest absolute Gasteiger partial charge is 0.126 e. The molecule has 1 nitrogen and oxygen atoms in total. The van der Waals surface area contributed by atoms with Crippen molar-refractivity contribution in [2.75, 3.05) is 7.05 Å². The van der Waals surface area contributed by atoms with Crippen LogP contribution in [0.1, 0.15) is 43.7 Å². The van der Waals surface area contributed by atoms with Crippen LogP contribution in [-0.2, 0) is 0 Å². The lowest BCUT2D eigenvalue weighted by atomic mass is 10.00. The highest BCUT2D eigenvalue weighted by molar-refractivity contribution is 5.21. The van der Waals surface area contributed by atoms with Gasteiger partial charge in [-0.3, -0.25) is 0 Å². The largest absolute Gasteiger partial charge is 0.313 e. The lowest BCUT2D eigenvalue weighted by Gasteiger charge is -2.16. The van der Waals surface area contributed by atoms with Gasteiger partial charge in [-0.1, -0.05) is 18.9 Å². The minimum absolute atomic E-state index is 0.0129. The first-order valence-corrected chi connectivity index (χ1v) is 6.41. The fourth-order valence-corrected chi connectivity index (χ4v) is 2.07. The molecule has 0 aromatic heterocycles. The Morgan fingerprint density at radius 2 is 1.83 bits per heavy atom. The molecule has 0 bridgehead atoms. The first kappa shape index (κ1) is 14.8. The average molecular weight is 253 g/mol. The molecule has 0 aliphatic carbocycles. The Morgan fingerprint density at radius 3 is 2.39 bits per heavy atom. The van der Waals surface area contributed by atoms with Crippen LogP contribution in [0.2, 0.25) is 0 Å². The molecule has 1 N–H and O–H groups in total. The van der Waals surface area contributed by atoms with Crippen molar-refractivity contribution in [2.45, 2.75) is 38.1 Å². The highest BCUT2D eigenvalue weighted by atomic mass is 19.1. The Kier molecular flexibility index (Phi) is 6.58. The van der Waals surface area contributed by atoms with E-state index in [-0.39, 0.29) is 6.04 Å². The molecule has 0 spiro atoms. The summed E-state index contributed by atoms with van der Waals surface area (Å²) in [6, 6.07) is 3.71. The Hall–Kier alpha value is -1.22. The van der Waals surface area contributed by atoms with E-state index >= 15 is 0 Å². The average Bonchev–Trinajstić information content (AvgIpc) is 2.32. The van der Waals surface area contributed by atoms with Gasteiger partial charge in [-0.15, -0.1) is 6.58 Å². The molecule has 1 atom stereocenters. The molecule has 18 heavy (non-hydrogen) atoms. The number of nitrogens with one attached hydrogen (secondary N) is 1. The van der Waals surface area contributed by atoms with E-state index in [0.717, 1.165) is 38.2 Å². The lowest BCUT2D eigenvalue weighted by molar-refractivity contribution is 0.498. The van der Waals surface area contributed by atoms with Crippen LogP contribution in [0.15, 0.2) is 30.9 Å². The molecule has 0 aliphatic heterocycles. The standard InChI is InChI=1S/C15H21F2N/c1-3-4-5-6-7-8-15(18-2)12-9-13(16)11-14(17)10-12/h3,9-11,15,18H,1,4-8H2,2H3. The zero-order valence-corrected chi connectivity index (χ0v) is 10.9. The van der Waals surface area contributed by atoms with Crippen molar-refractivity contribution in [2.24, 2.45) is 0 Å². The van der Waals surface area contributed by atoms with Gasteiger partial charge in [0.25, 0.3) is 0 Å². The van der Waals surface area contributed by atoms with Gasteiger partial charge in [-0.2, -0.15) is 0 Å². The van der Waals surface area contributed by atoms with Crippen molar-refractivity contribution in [3.05, 3.63) is 48.1 Å². The summed E-state index contributed by atoms with van der Waals surface area (Å²) in [5, 5.41) is 3.11. The fourth-order valence-electron chi connectivity index (χ4n) is 2.07. The van der Waals surface area contributed by atoms with Crippen LogP contribution in [0.5, 0.6) is 0 Å². The molecule has 0 heterocycles. The van der Waals surface area contributed by atoms with E-state index in [9.17, 15) is 8.78 Å². The van der Waals surface area contributed by atoms with E-state index < -0.39 is 11.6 Å². The first-order chi connectivity index (χ1) is 8.67. The van der Waals surface area contributed by atoms with Gasteiger partial charge in [0.05, 0.1) is 0 Å². The molecule has 0 fully saturated rings. The maximum atomic E-state index is 13.1. The van der Waals surface area contributed by atoms with Gasteiger partial charge in [0, 0.05) is 12.1 Å². The molecule has 100 valence electrons. The molecule has 1 aromatic rings. The highest BCUT2D eigenvalue weighted by Crippen LogP contribution is 2.21. The molecule has 0 saturated heterocycles. The summed E-state index contributed by atoms with van der Waals surface area (Å²) >= 11 is 0. The van der Waals surface area contributed by atoms with Crippen molar-refractivity contribution < 1.29 is 8.78 Å². The number of benzene rings is 1. The zero-order valence-electron chi connectivity index (χ0n) is 10.9. The number of halogens is 2. The van der Waals surface area contributed by atoms with Crippen LogP contribution >= 0.6 is 0 Å². The van der Waals surface area contributed by atoms with Crippen LogP contribution in [-0.4, -0.2) is 7.05 Å². The number of rotatable bonds is 8. The van der Waals surface area contributed by atoms with Gasteiger partial charge in [0.1, 0.15) is 11.6 Å². The predicted molar refractivity (Wildman–Crippen MR) is 71.4 cm³/mol. The Bertz CT molecular complexity index is 357. The number of unbranched alkanes of at least 4 members (excludes halogenated alkanes) is 3. The number of allylic oxidation sites excluding steroid dienone is 1. The molecule has 1 unspecified atom stereocenters. The zero-order chi connectivity index (χ0) is 13.4. The Labute approximate surface area is 108 Å². The monoisotopic (exact) mass is 253 g/mol. The minimum Gasteiger partial charge on any atom is -0.313 e. The van der Waals surface area contributed by atoms with E-state index in [1.807, 2.05) is 13.1 Å². The van der Waals surface area contributed by atoms with Crippen LogP contribution in [0.4, 0.5) is 8.78 Å². The molecule has 0 saturated carbocycles. The molecule has 0 amide bonds. The van der Waals surface area contributed by atoms with Crippen molar-refractivity contribution in [3.63, 3.8) is 0 Å². The van der Waals surface area contributed by atoms with Gasteiger partial charge in [-0.25, -0.2) is 8.78 Å². The van der Waals surface area contributed by atoms with Crippen molar-refractivity contribution in [3.8, 4) is 0 Å². The molecular weight excluding hydrogens is 232 g/mol. The predicted octanol–water partition coefficient (Wildman–Crippen LogP) is 4.36. The molecule has 0 radical (unpaired) electrons. The van der Waals surface area contributed by atoms with Crippen LogP contribution in [0, 0.1) is 11.6 Å². The third-order valence-corrected chi connectivity index (χ3v) is 3.04. The number of hydrogen-bond acceptors (Lipinski definition) is 1. The number of hydrogen-bond donors (Lipinski definition) is 1. The van der Waals surface area contributed by atoms with Crippen molar-refractivity contribution >= 4 is 0 Å². The van der Waals surface area contributed by atoms with Gasteiger partial charge in [0.2, 0.25) is 0 Å². The topological polar surface area (TPSA) is 12.0 Å². The second kappa shape index (κ2) is 7.98. The Balaban J connectivity index is 2.51. The van der Waals surface area contributed by atoms with Crippen molar-refractivity contribution in [1.82, 2.24) is 5.32 Å². The molecular formula is C15H21F2N. The van der Waals surface area contributed by atoms with Gasteiger partial charge >= 0.3 is 0 Å². The second-order valence-electron chi connectivity index (χ2n) is 4.47. The van der Waals surface area contributed by atoms with E-state index in [0.29, 0.717) is 5.56 Å². The summed E-state index contributed by atoms with van der Waals surface area (Å²) in [5.41, 5.74) is 0.679. The third kappa shape index (κ3) is 4.96. The van der Waals surface area contributed by atoms with Crippen LogP contribution < -0.4 is 5.32 Å². The van der Waals surface area contributed by atoms with Crippen LogP contribution in [0.3, 0.4) is 0 Å². The molecule has 0 aliphatic rings. The van der Waals surface area contributed by atoms with E-state index in [1.165, 1.54) is 12.1 Å². The lowest BCUT2D eigenvalue weighted by Crippen LogP contribution is -2.16. The summed E-state index contributed by atoms with van der Waals surface area (Å²) in [7, 11) is 1.82. The molecule has 1 aromatic carbocycles. The van der Waals surface area contributed by atoms with Gasteiger partial charge < -0.3 is 5.32 Å². The summed E-state index contributed by atoms with van der Waals surface area (Å²) in [6.45, 7) is 3.68. The summed E-state index contributed by atoms with van der Waals surface area (Å²) in [4.78, 5) is 0. The summed E-state index contributed by atoms with van der Waals surface area (Å²) in [6.07, 6.45) is 7.10. The van der Waals surface area contributed by atoms with E-state index in [2.05, 4.69) is 11.9 Å². The first-order valence-electron chi connectivity index (χ1n) is 6.41.